The highest BCUT2D eigenvalue weighted by atomic mass is 16.5. The molecule has 1 aromatic carbocycles. The zero-order chi connectivity index (χ0) is 15.1. The molecular weight excluding hydrogens is 280 g/mol. The predicted octanol–water partition coefficient (Wildman–Crippen LogP) is 3.50. The summed E-state index contributed by atoms with van der Waals surface area (Å²) in [6, 6.07) is 2.94. The molecule has 3 aliphatic carbocycles. The maximum Gasteiger partial charge on any atom is 0.137 e. The molecule has 4 unspecified atom stereocenters. The van der Waals surface area contributed by atoms with Gasteiger partial charge in [-0.1, -0.05) is 6.08 Å². The zero-order valence-corrected chi connectivity index (χ0v) is 11.9. The lowest BCUT2D eigenvalue weighted by Gasteiger charge is -2.18. The van der Waals surface area contributed by atoms with Crippen LogP contribution in [0.5, 0.6) is 17.2 Å². The van der Waals surface area contributed by atoms with Gasteiger partial charge in [0.1, 0.15) is 23.0 Å². The van der Waals surface area contributed by atoms with Crippen molar-refractivity contribution in [2.75, 3.05) is 0 Å². The van der Waals surface area contributed by atoms with Gasteiger partial charge in [0, 0.05) is 23.1 Å². The van der Waals surface area contributed by atoms with Crippen LogP contribution in [0.15, 0.2) is 48.0 Å². The molecule has 1 aliphatic heterocycles. The van der Waals surface area contributed by atoms with Crippen molar-refractivity contribution in [2.24, 2.45) is 17.3 Å². The van der Waals surface area contributed by atoms with E-state index < -0.39 is 0 Å². The molecule has 0 aromatic heterocycles. The highest BCUT2D eigenvalue weighted by Crippen LogP contribution is 2.70. The molecule has 4 atom stereocenters. The average molecular weight is 296 g/mol. The summed E-state index contributed by atoms with van der Waals surface area (Å²) in [5.41, 5.74) is 2.03. The van der Waals surface area contributed by atoms with E-state index in [9.17, 15) is 15.3 Å². The Morgan fingerprint density at radius 1 is 1.14 bits per heavy atom. The summed E-state index contributed by atoms with van der Waals surface area (Å²) in [5.74, 6) is 1.99. The highest BCUT2D eigenvalue weighted by Gasteiger charge is 2.61. The Morgan fingerprint density at radius 3 is 2.82 bits per heavy atom. The fraction of sp³-hybridized carbons (Fsp3) is 0.333. The van der Waals surface area contributed by atoms with Crippen molar-refractivity contribution in [2.45, 2.75) is 18.8 Å². The van der Waals surface area contributed by atoms with Crippen LogP contribution in [0.25, 0.3) is 0 Å². The van der Waals surface area contributed by atoms with Crippen LogP contribution in [0.3, 0.4) is 0 Å². The van der Waals surface area contributed by atoms with E-state index in [0.717, 1.165) is 18.4 Å². The number of fused-ring (bicyclic) bond motifs is 4. The van der Waals surface area contributed by atoms with Crippen LogP contribution in [0.4, 0.5) is 0 Å². The fourth-order valence-electron chi connectivity index (χ4n) is 4.22. The van der Waals surface area contributed by atoms with E-state index in [4.69, 9.17) is 4.74 Å². The van der Waals surface area contributed by atoms with Crippen LogP contribution in [0.1, 0.15) is 24.3 Å². The number of aliphatic hydroxyl groups excluding tert-OH is 1. The first kappa shape index (κ1) is 12.2. The topological polar surface area (TPSA) is 69.9 Å². The van der Waals surface area contributed by atoms with Gasteiger partial charge in [-0.3, -0.25) is 0 Å². The monoisotopic (exact) mass is 296 g/mol. The Kier molecular flexibility index (Phi) is 2.05. The molecule has 4 heteroatoms. The maximum atomic E-state index is 10.1. The van der Waals surface area contributed by atoms with Crippen LogP contribution < -0.4 is 4.74 Å². The third-order valence-electron chi connectivity index (χ3n) is 5.50. The molecule has 2 fully saturated rings. The van der Waals surface area contributed by atoms with Crippen molar-refractivity contribution in [1.82, 2.24) is 0 Å². The summed E-state index contributed by atoms with van der Waals surface area (Å²) in [5, 5.41) is 29.4. The number of benzene rings is 1. The lowest BCUT2D eigenvalue weighted by Crippen LogP contribution is -2.10. The molecule has 22 heavy (non-hydrogen) atoms. The first-order valence-corrected chi connectivity index (χ1v) is 7.61. The second kappa shape index (κ2) is 3.69. The minimum Gasteiger partial charge on any atom is -0.508 e. The number of rotatable bonds is 1. The maximum absolute atomic E-state index is 10.1. The van der Waals surface area contributed by atoms with Crippen LogP contribution >= 0.6 is 0 Å². The standard InChI is InChI=1S/C18H16O4/c19-10-1-2-18(7-9(18)3-10)14-8-22-16-5-11(20)4-15(21)17(16)13-6-12(13)14/h1-5,8-9,12-13,19-21H,6-7H2. The number of hydrogen-bond donors (Lipinski definition) is 3. The highest BCUT2D eigenvalue weighted by molar-refractivity contribution is 5.57. The molecule has 1 heterocycles. The lowest BCUT2D eigenvalue weighted by molar-refractivity contribution is 0.416. The van der Waals surface area contributed by atoms with Crippen molar-refractivity contribution >= 4 is 0 Å². The second-order valence-corrected chi connectivity index (χ2v) is 6.79. The summed E-state index contributed by atoms with van der Waals surface area (Å²) in [6.07, 6.45) is 9.57. The largest absolute Gasteiger partial charge is 0.508 e. The summed E-state index contributed by atoms with van der Waals surface area (Å²) >= 11 is 0. The molecule has 0 saturated heterocycles. The molecule has 0 bridgehead atoms. The van der Waals surface area contributed by atoms with Crippen molar-refractivity contribution in [1.29, 1.82) is 0 Å². The second-order valence-electron chi connectivity index (χ2n) is 6.79. The summed E-state index contributed by atoms with van der Waals surface area (Å²) in [6.45, 7) is 0. The molecule has 0 amide bonds. The van der Waals surface area contributed by atoms with E-state index in [1.807, 2.05) is 6.08 Å². The van der Waals surface area contributed by atoms with Gasteiger partial charge in [-0.15, -0.1) is 0 Å². The van der Waals surface area contributed by atoms with Crippen molar-refractivity contribution in [3.8, 4) is 17.2 Å². The van der Waals surface area contributed by atoms with Gasteiger partial charge in [-0.2, -0.15) is 0 Å². The molecule has 4 nitrogen and oxygen atoms in total. The van der Waals surface area contributed by atoms with E-state index >= 15 is 0 Å². The Balaban J connectivity index is 1.56. The van der Waals surface area contributed by atoms with E-state index in [1.165, 1.54) is 11.6 Å². The number of phenols is 2. The first-order chi connectivity index (χ1) is 10.6. The zero-order valence-electron chi connectivity index (χ0n) is 11.9. The Labute approximate surface area is 127 Å². The van der Waals surface area contributed by atoms with Gasteiger partial charge in [0.15, 0.2) is 0 Å². The average Bonchev–Trinajstić information content (AvgIpc) is 3.31. The van der Waals surface area contributed by atoms with Gasteiger partial charge >= 0.3 is 0 Å². The molecular formula is C18H16O4. The number of phenolic OH excluding ortho intramolecular Hbond substituents is 2. The van der Waals surface area contributed by atoms with E-state index in [0.29, 0.717) is 23.3 Å². The van der Waals surface area contributed by atoms with Gasteiger partial charge in [0.2, 0.25) is 0 Å². The molecule has 5 rings (SSSR count). The lowest BCUT2D eigenvalue weighted by atomic mass is 9.86. The number of allylic oxidation sites excluding steroid dienone is 4. The SMILES string of the molecule is OC1=CC2CC2(C2=COc3cc(O)cc(O)c3C3CC23)C=C1. The third kappa shape index (κ3) is 1.47. The van der Waals surface area contributed by atoms with Gasteiger partial charge in [-0.25, -0.2) is 0 Å². The summed E-state index contributed by atoms with van der Waals surface area (Å²) < 4.78 is 5.80. The number of aromatic hydroxyl groups is 2. The van der Waals surface area contributed by atoms with Crippen LogP contribution in [-0.4, -0.2) is 15.3 Å². The smallest absolute Gasteiger partial charge is 0.137 e. The molecule has 2 saturated carbocycles. The Morgan fingerprint density at radius 2 is 2.00 bits per heavy atom. The van der Waals surface area contributed by atoms with Gasteiger partial charge in [-0.05, 0) is 48.3 Å². The van der Waals surface area contributed by atoms with Crippen molar-refractivity contribution in [3.63, 3.8) is 0 Å². The molecule has 1 aromatic rings. The summed E-state index contributed by atoms with van der Waals surface area (Å²) in [7, 11) is 0. The fourth-order valence-corrected chi connectivity index (χ4v) is 4.22. The molecule has 0 radical (unpaired) electrons. The minimum atomic E-state index is -0.0225. The first-order valence-electron chi connectivity index (χ1n) is 7.61. The van der Waals surface area contributed by atoms with Crippen molar-refractivity contribution < 1.29 is 20.1 Å². The van der Waals surface area contributed by atoms with Crippen LogP contribution in [-0.2, 0) is 0 Å². The van der Waals surface area contributed by atoms with Gasteiger partial charge in [0.25, 0.3) is 0 Å². The molecule has 112 valence electrons. The molecule has 0 spiro atoms. The van der Waals surface area contributed by atoms with E-state index in [-0.39, 0.29) is 22.8 Å². The van der Waals surface area contributed by atoms with Crippen LogP contribution in [0, 0.1) is 17.3 Å². The van der Waals surface area contributed by atoms with Gasteiger partial charge < -0.3 is 20.1 Å². The van der Waals surface area contributed by atoms with Crippen LogP contribution in [0.2, 0.25) is 0 Å². The number of aliphatic hydroxyl groups is 1. The number of hydrogen-bond acceptors (Lipinski definition) is 4. The number of ether oxygens (including phenoxy) is 1. The molecule has 3 N–H and O–H groups in total. The van der Waals surface area contributed by atoms with E-state index in [2.05, 4.69) is 6.08 Å². The third-order valence-corrected chi connectivity index (χ3v) is 5.50. The Bertz CT molecular complexity index is 789. The minimum absolute atomic E-state index is 0.0122. The Hall–Kier alpha value is -2.36. The quantitative estimate of drug-likeness (QED) is 0.742. The summed E-state index contributed by atoms with van der Waals surface area (Å²) in [4.78, 5) is 0. The van der Waals surface area contributed by atoms with Gasteiger partial charge in [0.05, 0.1) is 6.26 Å². The normalized spacial score (nSPS) is 36.8. The molecule has 4 aliphatic rings. The predicted molar refractivity (Wildman–Crippen MR) is 79.7 cm³/mol. The van der Waals surface area contributed by atoms with E-state index in [1.54, 1.807) is 18.4 Å². The van der Waals surface area contributed by atoms with Crippen molar-refractivity contribution in [3.05, 3.63) is 53.5 Å².